The zero-order chi connectivity index (χ0) is 23.9. The second-order valence-corrected chi connectivity index (χ2v) is 7.62. The summed E-state index contributed by atoms with van der Waals surface area (Å²) >= 11 is 0. The Kier molecular flexibility index (Phi) is 7.17. The molecule has 0 saturated heterocycles. The van der Waals surface area contributed by atoms with Crippen LogP contribution in [0.15, 0.2) is 66.7 Å². The number of carbonyl (C=O) groups excluding carboxylic acids is 2. The molecule has 8 nitrogen and oxygen atoms in total. The topological polar surface area (TPSA) is 86.3 Å². The maximum absolute atomic E-state index is 13.2. The van der Waals surface area contributed by atoms with Gasteiger partial charge in [-0.2, -0.15) is 0 Å². The number of nitrogens with zero attached hydrogens (tertiary/aromatic N) is 1. The van der Waals surface area contributed by atoms with E-state index in [4.69, 9.17) is 18.9 Å². The van der Waals surface area contributed by atoms with Crippen LogP contribution in [0.25, 0.3) is 0 Å². The van der Waals surface area contributed by atoms with Crippen molar-refractivity contribution in [2.45, 2.75) is 20.0 Å². The third kappa shape index (κ3) is 5.58. The zero-order valence-corrected chi connectivity index (χ0v) is 19.1. The summed E-state index contributed by atoms with van der Waals surface area (Å²) in [5.41, 5.74) is 2.86. The number of hydrogen-bond donors (Lipinski definition) is 1. The number of ether oxygens (including phenoxy) is 4. The minimum absolute atomic E-state index is 0.191. The van der Waals surface area contributed by atoms with Crippen LogP contribution in [0, 0.1) is 0 Å². The first-order chi connectivity index (χ1) is 16.6. The highest BCUT2D eigenvalue weighted by Gasteiger charge is 2.19. The lowest BCUT2D eigenvalue weighted by Crippen LogP contribution is -2.34. The van der Waals surface area contributed by atoms with E-state index in [0.29, 0.717) is 42.4 Å². The molecule has 8 heteroatoms. The number of hydrogen-bond acceptors (Lipinski definition) is 6. The van der Waals surface area contributed by atoms with E-state index >= 15 is 0 Å². The molecule has 1 N–H and O–H groups in total. The maximum Gasteiger partial charge on any atom is 0.338 e. The molecule has 0 unspecified atom stereocenters. The third-order valence-corrected chi connectivity index (χ3v) is 5.28. The van der Waals surface area contributed by atoms with Gasteiger partial charge >= 0.3 is 12.0 Å². The fourth-order valence-corrected chi connectivity index (χ4v) is 3.52. The lowest BCUT2D eigenvalue weighted by atomic mass is 10.1. The molecule has 34 heavy (non-hydrogen) atoms. The standard InChI is InChI=1S/C26H26N2O6/c1-3-32-25(29)20-7-9-21(10-8-20)27-26(30)28(15-18-4-11-22(31-2)12-5-18)16-19-6-13-23-24(14-19)34-17-33-23/h4-14H,3,15-17H2,1-2H3,(H,27,30). The maximum atomic E-state index is 13.2. The molecule has 0 fully saturated rings. The van der Waals surface area contributed by atoms with Gasteiger partial charge in [0.2, 0.25) is 6.79 Å². The fraction of sp³-hybridized carbons (Fsp3) is 0.231. The number of anilines is 1. The first-order valence-corrected chi connectivity index (χ1v) is 10.9. The summed E-state index contributed by atoms with van der Waals surface area (Å²) < 4.78 is 21.1. The van der Waals surface area contributed by atoms with Crippen molar-refractivity contribution >= 4 is 17.7 Å². The second kappa shape index (κ2) is 10.6. The van der Waals surface area contributed by atoms with Crippen LogP contribution < -0.4 is 19.5 Å². The minimum Gasteiger partial charge on any atom is -0.497 e. The van der Waals surface area contributed by atoms with Crippen molar-refractivity contribution in [2.24, 2.45) is 0 Å². The number of esters is 1. The second-order valence-electron chi connectivity index (χ2n) is 7.62. The van der Waals surface area contributed by atoms with E-state index in [-0.39, 0.29) is 12.8 Å². The molecule has 0 radical (unpaired) electrons. The van der Waals surface area contributed by atoms with Crippen molar-refractivity contribution in [2.75, 3.05) is 25.8 Å². The van der Waals surface area contributed by atoms with Gasteiger partial charge in [-0.3, -0.25) is 0 Å². The molecule has 0 aliphatic carbocycles. The third-order valence-electron chi connectivity index (χ3n) is 5.28. The van der Waals surface area contributed by atoms with Gasteiger partial charge in [0.25, 0.3) is 0 Å². The molecule has 3 aromatic rings. The summed E-state index contributed by atoms with van der Waals surface area (Å²) in [5.74, 6) is 1.70. The number of rotatable bonds is 8. The number of amides is 2. The van der Waals surface area contributed by atoms with Gasteiger partial charge in [-0.15, -0.1) is 0 Å². The molecule has 1 heterocycles. The van der Waals surface area contributed by atoms with Crippen LogP contribution >= 0.6 is 0 Å². The summed E-state index contributed by atoms with van der Waals surface area (Å²) in [6.45, 7) is 2.98. The highest BCUT2D eigenvalue weighted by atomic mass is 16.7. The molecule has 0 spiro atoms. The van der Waals surface area contributed by atoms with Crippen molar-refractivity contribution in [3.05, 3.63) is 83.4 Å². The lowest BCUT2D eigenvalue weighted by Gasteiger charge is -2.24. The number of fused-ring (bicyclic) bond motifs is 1. The van der Waals surface area contributed by atoms with Crippen LogP contribution in [0.1, 0.15) is 28.4 Å². The lowest BCUT2D eigenvalue weighted by molar-refractivity contribution is 0.0526. The predicted molar refractivity (Wildman–Crippen MR) is 126 cm³/mol. The quantitative estimate of drug-likeness (QED) is 0.483. The van der Waals surface area contributed by atoms with Gasteiger partial charge in [-0.1, -0.05) is 18.2 Å². The number of urea groups is 1. The first-order valence-electron chi connectivity index (χ1n) is 10.9. The van der Waals surface area contributed by atoms with Crippen molar-refractivity contribution in [1.29, 1.82) is 0 Å². The van der Waals surface area contributed by atoms with Crippen molar-refractivity contribution in [3.63, 3.8) is 0 Å². The number of benzene rings is 3. The molecule has 176 valence electrons. The van der Waals surface area contributed by atoms with E-state index in [1.807, 2.05) is 42.5 Å². The molecular weight excluding hydrogens is 436 g/mol. The Labute approximate surface area is 198 Å². The van der Waals surface area contributed by atoms with E-state index < -0.39 is 5.97 Å². The van der Waals surface area contributed by atoms with E-state index in [0.717, 1.165) is 16.9 Å². The molecule has 2 amide bonds. The average molecular weight is 463 g/mol. The Morgan fingerprint density at radius 1 is 0.912 bits per heavy atom. The molecule has 1 aliphatic rings. The molecule has 4 rings (SSSR count). The van der Waals surface area contributed by atoms with Gasteiger partial charge in [-0.05, 0) is 66.6 Å². The Balaban J connectivity index is 1.51. The van der Waals surface area contributed by atoms with Crippen LogP contribution in [-0.2, 0) is 17.8 Å². The molecule has 0 aromatic heterocycles. The smallest absolute Gasteiger partial charge is 0.338 e. The fourth-order valence-electron chi connectivity index (χ4n) is 3.52. The minimum atomic E-state index is -0.399. The summed E-state index contributed by atoms with van der Waals surface area (Å²) in [4.78, 5) is 26.8. The zero-order valence-electron chi connectivity index (χ0n) is 19.1. The SMILES string of the molecule is CCOC(=O)c1ccc(NC(=O)N(Cc2ccc(OC)cc2)Cc2ccc3c(c2)OCO3)cc1. The van der Waals surface area contributed by atoms with Gasteiger partial charge in [0.15, 0.2) is 11.5 Å². The highest BCUT2D eigenvalue weighted by Crippen LogP contribution is 2.33. The summed E-state index contributed by atoms with van der Waals surface area (Å²) in [7, 11) is 1.61. The van der Waals surface area contributed by atoms with E-state index in [1.54, 1.807) is 43.2 Å². The van der Waals surface area contributed by atoms with E-state index in [1.165, 1.54) is 0 Å². The normalized spacial score (nSPS) is 11.6. The van der Waals surface area contributed by atoms with Crippen LogP contribution in [0.2, 0.25) is 0 Å². The van der Waals surface area contributed by atoms with Gasteiger partial charge in [0.05, 0.1) is 19.3 Å². The number of nitrogens with one attached hydrogen (secondary N) is 1. The van der Waals surface area contributed by atoms with Crippen molar-refractivity contribution < 1.29 is 28.5 Å². The van der Waals surface area contributed by atoms with Gasteiger partial charge in [0, 0.05) is 18.8 Å². The van der Waals surface area contributed by atoms with E-state index in [2.05, 4.69) is 5.32 Å². The van der Waals surface area contributed by atoms with E-state index in [9.17, 15) is 9.59 Å². The molecule has 1 aliphatic heterocycles. The van der Waals surface area contributed by atoms with Gasteiger partial charge in [-0.25, -0.2) is 9.59 Å². The highest BCUT2D eigenvalue weighted by molar-refractivity contribution is 5.92. The molecule has 0 saturated carbocycles. The average Bonchev–Trinajstić information content (AvgIpc) is 3.32. The Morgan fingerprint density at radius 3 is 2.29 bits per heavy atom. The van der Waals surface area contributed by atoms with Crippen LogP contribution in [0.4, 0.5) is 10.5 Å². The van der Waals surface area contributed by atoms with Crippen molar-refractivity contribution in [1.82, 2.24) is 4.90 Å². The Bertz CT molecular complexity index is 1140. The van der Waals surface area contributed by atoms with Crippen LogP contribution in [-0.4, -0.2) is 37.4 Å². The predicted octanol–water partition coefficient (Wildman–Crippen LogP) is 4.83. The molecular formula is C26H26N2O6. The largest absolute Gasteiger partial charge is 0.497 e. The summed E-state index contributed by atoms with van der Waals surface area (Å²) in [5, 5.41) is 2.91. The van der Waals surface area contributed by atoms with Gasteiger partial charge < -0.3 is 29.2 Å². The van der Waals surface area contributed by atoms with Crippen LogP contribution in [0.3, 0.4) is 0 Å². The Hall–Kier alpha value is -4.20. The molecule has 3 aromatic carbocycles. The van der Waals surface area contributed by atoms with Crippen molar-refractivity contribution in [3.8, 4) is 17.2 Å². The number of carbonyl (C=O) groups is 2. The molecule has 0 atom stereocenters. The number of methoxy groups -OCH3 is 1. The first kappa shape index (κ1) is 23.0. The summed E-state index contributed by atoms with van der Waals surface area (Å²) in [6, 6.07) is 19.5. The Morgan fingerprint density at radius 2 is 1.59 bits per heavy atom. The summed E-state index contributed by atoms with van der Waals surface area (Å²) in [6.07, 6.45) is 0. The van der Waals surface area contributed by atoms with Gasteiger partial charge in [0.1, 0.15) is 5.75 Å². The monoisotopic (exact) mass is 462 g/mol. The van der Waals surface area contributed by atoms with Crippen LogP contribution in [0.5, 0.6) is 17.2 Å². The molecule has 0 bridgehead atoms.